The van der Waals surface area contributed by atoms with E-state index < -0.39 is 41.8 Å². The third kappa shape index (κ3) is 5.20. The van der Waals surface area contributed by atoms with Crippen molar-refractivity contribution < 1.29 is 28.6 Å². The number of rotatable bonds is 7. The molecule has 4 N–H and O–H groups in total. The van der Waals surface area contributed by atoms with E-state index in [4.69, 9.17) is 10.5 Å². The molecule has 1 saturated heterocycles. The Hall–Kier alpha value is -4.14. The van der Waals surface area contributed by atoms with Gasteiger partial charge in [-0.15, -0.1) is 0 Å². The topological polar surface area (TPSA) is 164 Å². The lowest BCUT2D eigenvalue weighted by molar-refractivity contribution is -0.145. The van der Waals surface area contributed by atoms with Gasteiger partial charge in [0.05, 0.1) is 37.1 Å². The zero-order valence-electron chi connectivity index (χ0n) is 17.8. The molecule has 2 aromatic rings. The molecule has 12 heteroatoms. The standard InChI is InChI=1S/C21H23FN6O5/c1-2-33-18(29)9-17-14(10-23)16(7-8-27(17)21(31)32)28-11-15(19(24)30)20(26-28)25-13-5-3-12(22)4-6-13/h3-6,11,14,16-17H,2,7-9H2,1H3,(H2,24,30)(H,25,26)(H,31,32)/t14-,16+,17?/m0/s1. The summed E-state index contributed by atoms with van der Waals surface area (Å²) in [4.78, 5) is 36.9. The smallest absolute Gasteiger partial charge is 0.407 e. The first-order valence-corrected chi connectivity index (χ1v) is 10.2. The molecule has 1 fully saturated rings. The summed E-state index contributed by atoms with van der Waals surface area (Å²) in [7, 11) is 0. The third-order valence-corrected chi connectivity index (χ3v) is 5.42. The zero-order valence-corrected chi connectivity index (χ0v) is 17.8. The van der Waals surface area contributed by atoms with Gasteiger partial charge in [-0.1, -0.05) is 0 Å². The molecule has 1 aromatic carbocycles. The number of halogens is 1. The van der Waals surface area contributed by atoms with Crippen molar-refractivity contribution in [2.75, 3.05) is 18.5 Å². The largest absolute Gasteiger partial charge is 0.466 e. The van der Waals surface area contributed by atoms with Crippen molar-refractivity contribution in [3.8, 4) is 6.07 Å². The second-order valence-electron chi connectivity index (χ2n) is 7.43. The van der Waals surface area contributed by atoms with Crippen LogP contribution < -0.4 is 11.1 Å². The number of anilines is 2. The molecule has 3 rings (SSSR count). The van der Waals surface area contributed by atoms with Gasteiger partial charge in [0.1, 0.15) is 11.4 Å². The van der Waals surface area contributed by atoms with Crippen molar-refractivity contribution in [3.63, 3.8) is 0 Å². The summed E-state index contributed by atoms with van der Waals surface area (Å²) in [5.74, 6) is -2.67. The first kappa shape index (κ1) is 23.5. The number of carbonyl (C=O) groups is 3. The van der Waals surface area contributed by atoms with E-state index in [0.717, 1.165) is 4.90 Å². The number of hydrogen-bond acceptors (Lipinski definition) is 7. The maximum atomic E-state index is 13.2. The van der Waals surface area contributed by atoms with Gasteiger partial charge in [-0.2, -0.15) is 10.4 Å². The summed E-state index contributed by atoms with van der Waals surface area (Å²) < 4.78 is 19.5. The average Bonchev–Trinajstić information content (AvgIpc) is 3.19. The molecule has 0 saturated carbocycles. The molecule has 1 aromatic heterocycles. The van der Waals surface area contributed by atoms with Crippen LogP contribution in [0.3, 0.4) is 0 Å². The summed E-state index contributed by atoms with van der Waals surface area (Å²) in [6, 6.07) is 5.88. The highest BCUT2D eigenvalue weighted by Gasteiger charge is 2.43. The van der Waals surface area contributed by atoms with Crippen molar-refractivity contribution in [1.82, 2.24) is 14.7 Å². The number of nitrogens with one attached hydrogen (secondary N) is 1. The number of aromatic nitrogens is 2. The molecule has 174 valence electrons. The summed E-state index contributed by atoms with van der Waals surface area (Å²) in [5, 5.41) is 26.7. The van der Waals surface area contributed by atoms with Crippen molar-refractivity contribution in [3.05, 3.63) is 41.8 Å². The van der Waals surface area contributed by atoms with Crippen molar-refractivity contribution in [2.24, 2.45) is 11.7 Å². The molecule has 11 nitrogen and oxygen atoms in total. The summed E-state index contributed by atoms with van der Waals surface area (Å²) in [6.45, 7) is 1.80. The first-order chi connectivity index (χ1) is 15.7. The number of primary amides is 1. The number of nitrogens with two attached hydrogens (primary N) is 1. The Morgan fingerprint density at radius 1 is 1.36 bits per heavy atom. The van der Waals surface area contributed by atoms with Crippen molar-refractivity contribution in [2.45, 2.75) is 31.8 Å². The molecular formula is C21H23FN6O5. The van der Waals surface area contributed by atoms with Crippen LogP contribution in [0.5, 0.6) is 0 Å². The second kappa shape index (κ2) is 9.99. The molecule has 1 aliphatic rings. The highest BCUT2D eigenvalue weighted by molar-refractivity contribution is 5.98. The fourth-order valence-corrected chi connectivity index (χ4v) is 3.91. The number of amides is 2. The van der Waals surface area contributed by atoms with Crippen LogP contribution in [0.25, 0.3) is 0 Å². The lowest BCUT2D eigenvalue weighted by Gasteiger charge is -2.40. The van der Waals surface area contributed by atoms with E-state index in [1.54, 1.807) is 6.92 Å². The van der Waals surface area contributed by atoms with Gasteiger partial charge in [0.2, 0.25) is 0 Å². The van der Waals surface area contributed by atoms with Crippen molar-refractivity contribution >= 4 is 29.5 Å². The van der Waals surface area contributed by atoms with E-state index in [1.807, 2.05) is 0 Å². The summed E-state index contributed by atoms with van der Waals surface area (Å²) >= 11 is 0. The number of carbonyl (C=O) groups excluding carboxylic acids is 2. The zero-order chi connectivity index (χ0) is 24.1. The summed E-state index contributed by atoms with van der Waals surface area (Å²) in [5.41, 5.74) is 5.99. The minimum Gasteiger partial charge on any atom is -0.466 e. The molecule has 2 heterocycles. The van der Waals surface area contributed by atoms with Crippen LogP contribution >= 0.6 is 0 Å². The quantitative estimate of drug-likeness (QED) is 0.532. The molecule has 33 heavy (non-hydrogen) atoms. The van der Waals surface area contributed by atoms with Crippen LogP contribution in [0, 0.1) is 23.1 Å². The molecule has 0 bridgehead atoms. The highest BCUT2D eigenvalue weighted by Crippen LogP contribution is 2.35. The predicted molar refractivity (Wildman–Crippen MR) is 113 cm³/mol. The third-order valence-electron chi connectivity index (χ3n) is 5.42. The first-order valence-electron chi connectivity index (χ1n) is 10.2. The number of nitrogens with zero attached hydrogens (tertiary/aromatic N) is 4. The van der Waals surface area contributed by atoms with Crippen LogP contribution in [0.1, 0.15) is 36.2 Å². The average molecular weight is 458 g/mol. The second-order valence-corrected chi connectivity index (χ2v) is 7.43. The number of likely N-dealkylation sites (tertiary alicyclic amines) is 1. The lowest BCUT2D eigenvalue weighted by atomic mass is 9.84. The van der Waals surface area contributed by atoms with Crippen LogP contribution in [-0.4, -0.2) is 57.0 Å². The van der Waals surface area contributed by atoms with Gasteiger partial charge in [-0.25, -0.2) is 9.18 Å². The van der Waals surface area contributed by atoms with Gasteiger partial charge in [0, 0.05) is 18.4 Å². The van der Waals surface area contributed by atoms with E-state index in [9.17, 15) is 29.1 Å². The molecule has 2 amide bonds. The molecule has 1 unspecified atom stereocenters. The predicted octanol–water partition coefficient (Wildman–Crippen LogP) is 2.25. The maximum Gasteiger partial charge on any atom is 0.407 e. The van der Waals surface area contributed by atoms with Crippen molar-refractivity contribution in [1.29, 1.82) is 5.26 Å². The monoisotopic (exact) mass is 458 g/mol. The van der Waals surface area contributed by atoms with Crippen LogP contribution in [0.4, 0.5) is 20.7 Å². The molecule has 1 aliphatic heterocycles. The Balaban J connectivity index is 1.94. The van der Waals surface area contributed by atoms with E-state index in [1.165, 1.54) is 35.1 Å². The van der Waals surface area contributed by atoms with Gasteiger partial charge < -0.3 is 25.8 Å². The van der Waals surface area contributed by atoms with E-state index in [0.29, 0.717) is 5.69 Å². The number of ether oxygens (including phenoxy) is 1. The van der Waals surface area contributed by atoms with Crippen LogP contribution in [0.2, 0.25) is 0 Å². The minimum atomic E-state index is -1.25. The van der Waals surface area contributed by atoms with Gasteiger partial charge in [0.15, 0.2) is 5.82 Å². The van der Waals surface area contributed by atoms with Gasteiger partial charge in [-0.05, 0) is 37.6 Å². The fourth-order valence-electron chi connectivity index (χ4n) is 3.91. The molecule has 3 atom stereocenters. The fraction of sp³-hybridized carbons (Fsp3) is 0.381. The molecular weight excluding hydrogens is 435 g/mol. The molecule has 0 radical (unpaired) electrons. The Morgan fingerprint density at radius 3 is 2.64 bits per heavy atom. The Kier molecular flexibility index (Phi) is 7.12. The normalized spacial score (nSPS) is 20.0. The summed E-state index contributed by atoms with van der Waals surface area (Å²) in [6.07, 6.45) is 0.0558. The number of nitriles is 1. The Bertz CT molecular complexity index is 1080. The minimum absolute atomic E-state index is 0.0404. The number of piperidine rings is 1. The van der Waals surface area contributed by atoms with E-state index in [2.05, 4.69) is 16.5 Å². The molecule has 0 aliphatic carbocycles. The van der Waals surface area contributed by atoms with E-state index >= 15 is 0 Å². The van der Waals surface area contributed by atoms with Gasteiger partial charge in [-0.3, -0.25) is 14.3 Å². The maximum absolute atomic E-state index is 13.2. The van der Waals surface area contributed by atoms with Crippen LogP contribution in [-0.2, 0) is 9.53 Å². The highest BCUT2D eigenvalue weighted by atomic mass is 19.1. The number of carboxylic acid groups (broad SMARTS) is 1. The number of esters is 1. The SMILES string of the molecule is CCOC(=O)CC1[C@@H](C#N)[C@H](n2cc(C(N)=O)c(Nc3ccc(F)cc3)n2)CCN1C(=O)O. The van der Waals surface area contributed by atoms with Gasteiger partial charge >= 0.3 is 12.1 Å². The van der Waals surface area contributed by atoms with Crippen LogP contribution in [0.15, 0.2) is 30.5 Å². The van der Waals surface area contributed by atoms with Gasteiger partial charge in [0.25, 0.3) is 5.91 Å². The van der Waals surface area contributed by atoms with E-state index in [-0.39, 0.29) is 37.4 Å². The Labute approximate surface area is 188 Å². The molecule has 0 spiro atoms. The number of benzene rings is 1. The lowest BCUT2D eigenvalue weighted by Crippen LogP contribution is -2.52. The number of hydrogen-bond donors (Lipinski definition) is 3. The Morgan fingerprint density at radius 2 is 2.06 bits per heavy atom.